The molecule has 2 fully saturated rings. The molecule has 0 radical (unpaired) electrons. The van der Waals surface area contributed by atoms with E-state index in [0.29, 0.717) is 22.8 Å². The summed E-state index contributed by atoms with van der Waals surface area (Å²) < 4.78 is 5.59. The molecule has 0 bridgehead atoms. The third-order valence-corrected chi connectivity index (χ3v) is 3.77. The van der Waals surface area contributed by atoms with E-state index in [-0.39, 0.29) is 11.9 Å². The normalized spacial score (nSPS) is 24.9. The molecule has 0 aromatic heterocycles. The number of carbonyl (C=O) groups is 2. The smallest absolute Gasteiger partial charge is 0.307 e. The van der Waals surface area contributed by atoms with Crippen LogP contribution in [0.25, 0.3) is 0 Å². The van der Waals surface area contributed by atoms with Gasteiger partial charge in [0.15, 0.2) is 5.78 Å². The Morgan fingerprint density at radius 1 is 1.26 bits per heavy atom. The summed E-state index contributed by atoms with van der Waals surface area (Å²) in [7, 11) is 0. The summed E-state index contributed by atoms with van der Waals surface area (Å²) >= 11 is 6.08. The molecular weight excluding hydrogens is 268 g/mol. The molecule has 19 heavy (non-hydrogen) atoms. The number of halogens is 1. The molecule has 0 amide bonds. The highest BCUT2D eigenvalue weighted by Crippen LogP contribution is 2.42. The van der Waals surface area contributed by atoms with Gasteiger partial charge >= 0.3 is 5.97 Å². The van der Waals surface area contributed by atoms with Crippen molar-refractivity contribution in [2.24, 2.45) is 11.8 Å². The van der Waals surface area contributed by atoms with Crippen molar-refractivity contribution < 1.29 is 19.4 Å². The topological polar surface area (TPSA) is 63.6 Å². The minimum Gasteiger partial charge on any atom is -0.489 e. The van der Waals surface area contributed by atoms with E-state index in [2.05, 4.69) is 0 Å². The van der Waals surface area contributed by atoms with Gasteiger partial charge in [0, 0.05) is 11.5 Å². The molecule has 2 saturated carbocycles. The average molecular weight is 281 g/mol. The van der Waals surface area contributed by atoms with E-state index in [9.17, 15) is 9.59 Å². The van der Waals surface area contributed by atoms with Crippen LogP contribution >= 0.6 is 11.6 Å². The molecule has 0 saturated heterocycles. The largest absolute Gasteiger partial charge is 0.489 e. The monoisotopic (exact) mass is 280 g/mol. The fourth-order valence-corrected chi connectivity index (χ4v) is 2.31. The van der Waals surface area contributed by atoms with Gasteiger partial charge in [-0.15, -0.1) is 0 Å². The molecule has 0 heterocycles. The van der Waals surface area contributed by atoms with Gasteiger partial charge in [-0.05, 0) is 37.5 Å². The number of ketones is 1. The van der Waals surface area contributed by atoms with E-state index in [1.165, 1.54) is 0 Å². The van der Waals surface area contributed by atoms with Crippen LogP contribution in [0.2, 0.25) is 5.02 Å². The molecule has 5 heteroatoms. The molecule has 1 aromatic carbocycles. The maximum absolute atomic E-state index is 12.1. The van der Waals surface area contributed by atoms with Crippen molar-refractivity contribution >= 4 is 23.4 Å². The third kappa shape index (κ3) is 2.59. The quantitative estimate of drug-likeness (QED) is 0.843. The Labute approximate surface area is 115 Å². The van der Waals surface area contributed by atoms with Crippen molar-refractivity contribution in [2.75, 3.05) is 0 Å². The van der Waals surface area contributed by atoms with Crippen molar-refractivity contribution in [3.63, 3.8) is 0 Å². The van der Waals surface area contributed by atoms with Crippen LogP contribution in [0, 0.1) is 11.8 Å². The standard InChI is InChI=1S/C14H13ClO4/c15-11-5-7(1-4-12(11)19-8-2-3-8)13(16)9-6-10(9)14(17)18/h1,4-5,8-10H,2-3,6H2,(H,17,18). The molecule has 3 rings (SSSR count). The maximum Gasteiger partial charge on any atom is 0.307 e. The number of hydrogen-bond donors (Lipinski definition) is 1. The number of hydrogen-bond acceptors (Lipinski definition) is 3. The first-order valence-corrected chi connectivity index (χ1v) is 6.67. The first-order chi connectivity index (χ1) is 9.06. The minimum atomic E-state index is -0.905. The second-order valence-electron chi connectivity index (χ2n) is 5.11. The van der Waals surface area contributed by atoms with Gasteiger partial charge in [0.25, 0.3) is 0 Å². The molecule has 1 aromatic rings. The first kappa shape index (κ1) is 12.5. The van der Waals surface area contributed by atoms with E-state index < -0.39 is 17.8 Å². The Balaban J connectivity index is 1.73. The van der Waals surface area contributed by atoms with Gasteiger partial charge in [-0.1, -0.05) is 11.6 Å². The Hall–Kier alpha value is -1.55. The van der Waals surface area contributed by atoms with Crippen molar-refractivity contribution in [3.05, 3.63) is 28.8 Å². The van der Waals surface area contributed by atoms with E-state index in [0.717, 1.165) is 12.8 Å². The van der Waals surface area contributed by atoms with Gasteiger partial charge in [0.2, 0.25) is 0 Å². The number of benzene rings is 1. The van der Waals surface area contributed by atoms with Gasteiger partial charge in [0.1, 0.15) is 5.75 Å². The summed E-state index contributed by atoms with van der Waals surface area (Å²) in [5.74, 6) is -1.39. The highest BCUT2D eigenvalue weighted by Gasteiger charge is 2.48. The van der Waals surface area contributed by atoms with Crippen molar-refractivity contribution in [1.29, 1.82) is 0 Å². The highest BCUT2D eigenvalue weighted by molar-refractivity contribution is 6.32. The third-order valence-electron chi connectivity index (χ3n) is 3.48. The van der Waals surface area contributed by atoms with Crippen LogP contribution in [0.15, 0.2) is 18.2 Å². The van der Waals surface area contributed by atoms with Crippen LogP contribution in [-0.2, 0) is 4.79 Å². The van der Waals surface area contributed by atoms with Gasteiger partial charge in [-0.3, -0.25) is 9.59 Å². The van der Waals surface area contributed by atoms with E-state index in [1.807, 2.05) is 0 Å². The number of rotatable bonds is 5. The lowest BCUT2D eigenvalue weighted by atomic mass is 10.1. The Kier molecular flexibility index (Phi) is 2.97. The van der Waals surface area contributed by atoms with E-state index in [4.69, 9.17) is 21.4 Å². The lowest BCUT2D eigenvalue weighted by Gasteiger charge is -2.08. The van der Waals surface area contributed by atoms with E-state index >= 15 is 0 Å². The zero-order valence-corrected chi connectivity index (χ0v) is 10.9. The summed E-state index contributed by atoms with van der Waals surface area (Å²) in [5, 5.41) is 9.23. The Bertz CT molecular complexity index is 550. The number of carbonyl (C=O) groups excluding carboxylic acids is 1. The lowest BCUT2D eigenvalue weighted by Crippen LogP contribution is -2.08. The molecule has 2 aliphatic carbocycles. The van der Waals surface area contributed by atoms with Crippen molar-refractivity contribution in [3.8, 4) is 5.75 Å². The molecule has 0 aliphatic heterocycles. The lowest BCUT2D eigenvalue weighted by molar-refractivity contribution is -0.138. The van der Waals surface area contributed by atoms with Crippen LogP contribution in [0.3, 0.4) is 0 Å². The van der Waals surface area contributed by atoms with Crippen LogP contribution in [0.5, 0.6) is 5.75 Å². The Morgan fingerprint density at radius 3 is 2.53 bits per heavy atom. The van der Waals surface area contributed by atoms with Gasteiger partial charge < -0.3 is 9.84 Å². The zero-order valence-electron chi connectivity index (χ0n) is 10.1. The average Bonchev–Trinajstić information content (AvgIpc) is 3.24. The first-order valence-electron chi connectivity index (χ1n) is 6.29. The SMILES string of the molecule is O=C(O)C1CC1C(=O)c1ccc(OC2CC2)c(Cl)c1. The summed E-state index contributed by atoms with van der Waals surface area (Å²) in [4.78, 5) is 22.8. The van der Waals surface area contributed by atoms with Gasteiger partial charge in [-0.25, -0.2) is 0 Å². The molecule has 100 valence electrons. The molecule has 2 aliphatic rings. The van der Waals surface area contributed by atoms with Crippen molar-refractivity contribution in [1.82, 2.24) is 0 Å². The number of ether oxygens (including phenoxy) is 1. The van der Waals surface area contributed by atoms with E-state index in [1.54, 1.807) is 18.2 Å². The Morgan fingerprint density at radius 2 is 2.00 bits per heavy atom. The van der Waals surface area contributed by atoms with Crippen LogP contribution in [0.1, 0.15) is 29.6 Å². The number of Topliss-reactive ketones (excluding diaryl/α,β-unsaturated/α-hetero) is 1. The fourth-order valence-electron chi connectivity index (χ4n) is 2.09. The summed E-state index contributed by atoms with van der Waals surface area (Å²) in [6.45, 7) is 0. The predicted molar refractivity (Wildman–Crippen MR) is 68.7 cm³/mol. The molecule has 1 N–H and O–H groups in total. The molecular formula is C14H13ClO4. The number of aliphatic carboxylic acids is 1. The van der Waals surface area contributed by atoms with Crippen molar-refractivity contribution in [2.45, 2.75) is 25.4 Å². The number of carboxylic acid groups (broad SMARTS) is 1. The van der Waals surface area contributed by atoms with Crippen LogP contribution < -0.4 is 4.74 Å². The van der Waals surface area contributed by atoms with Crippen LogP contribution in [-0.4, -0.2) is 23.0 Å². The zero-order chi connectivity index (χ0) is 13.6. The maximum atomic E-state index is 12.1. The second kappa shape index (κ2) is 4.53. The molecule has 4 nitrogen and oxygen atoms in total. The number of carboxylic acids is 1. The second-order valence-corrected chi connectivity index (χ2v) is 5.52. The summed E-state index contributed by atoms with van der Waals surface area (Å²) in [6, 6.07) is 4.91. The summed E-state index contributed by atoms with van der Waals surface area (Å²) in [6.07, 6.45) is 2.75. The predicted octanol–water partition coefficient (Wildman–Crippen LogP) is 2.78. The molecule has 2 unspecified atom stereocenters. The fraction of sp³-hybridized carbons (Fsp3) is 0.429. The molecule has 0 spiro atoms. The van der Waals surface area contributed by atoms with Gasteiger partial charge in [0.05, 0.1) is 17.0 Å². The molecule has 2 atom stereocenters. The minimum absolute atomic E-state index is 0.146. The summed E-state index contributed by atoms with van der Waals surface area (Å²) in [5.41, 5.74) is 0.460. The van der Waals surface area contributed by atoms with Crippen LogP contribution in [0.4, 0.5) is 0 Å². The van der Waals surface area contributed by atoms with Gasteiger partial charge in [-0.2, -0.15) is 0 Å². The highest BCUT2D eigenvalue weighted by atomic mass is 35.5.